The Labute approximate surface area is 125 Å². The average Bonchev–Trinajstić information content (AvgIpc) is 2.98. The molecule has 0 aromatic carbocycles. The van der Waals surface area contributed by atoms with Crippen molar-refractivity contribution in [1.29, 1.82) is 0 Å². The SMILES string of the molecule is NC(=O)c1c(NC(=O)C(=O)NCCCO)sc2c1CCC2. The molecule has 1 aromatic heterocycles. The molecule has 0 atom stereocenters. The number of aliphatic hydroxyl groups excluding tert-OH is 1. The molecule has 0 saturated carbocycles. The van der Waals surface area contributed by atoms with Crippen molar-refractivity contribution in [3.8, 4) is 0 Å². The summed E-state index contributed by atoms with van der Waals surface area (Å²) in [6, 6.07) is 0. The van der Waals surface area contributed by atoms with Crippen molar-refractivity contribution >= 4 is 34.1 Å². The van der Waals surface area contributed by atoms with Gasteiger partial charge in [-0.3, -0.25) is 14.4 Å². The summed E-state index contributed by atoms with van der Waals surface area (Å²) in [5, 5.41) is 13.8. The van der Waals surface area contributed by atoms with Crippen LogP contribution in [0, 0.1) is 0 Å². The third kappa shape index (κ3) is 3.40. The maximum absolute atomic E-state index is 11.8. The summed E-state index contributed by atoms with van der Waals surface area (Å²) in [7, 11) is 0. The van der Waals surface area contributed by atoms with Crippen molar-refractivity contribution in [2.75, 3.05) is 18.5 Å². The molecular weight excluding hydrogens is 294 g/mol. The predicted octanol–water partition coefficient (Wildman–Crippen LogP) is -0.227. The molecule has 1 heterocycles. The minimum Gasteiger partial charge on any atom is -0.396 e. The Morgan fingerprint density at radius 1 is 1.24 bits per heavy atom. The van der Waals surface area contributed by atoms with Crippen molar-refractivity contribution in [1.82, 2.24) is 5.32 Å². The fourth-order valence-electron chi connectivity index (χ4n) is 2.27. The van der Waals surface area contributed by atoms with Gasteiger partial charge in [0.1, 0.15) is 5.00 Å². The number of anilines is 1. The Hall–Kier alpha value is -1.93. The van der Waals surface area contributed by atoms with Crippen molar-refractivity contribution in [3.05, 3.63) is 16.0 Å². The van der Waals surface area contributed by atoms with Gasteiger partial charge in [-0.2, -0.15) is 0 Å². The molecule has 0 bridgehead atoms. The van der Waals surface area contributed by atoms with E-state index in [2.05, 4.69) is 10.6 Å². The van der Waals surface area contributed by atoms with Crippen LogP contribution >= 0.6 is 11.3 Å². The second-order valence-corrected chi connectivity index (χ2v) is 5.82. The molecule has 0 radical (unpaired) electrons. The molecule has 1 aliphatic carbocycles. The lowest BCUT2D eigenvalue weighted by Crippen LogP contribution is -2.36. The summed E-state index contributed by atoms with van der Waals surface area (Å²) in [4.78, 5) is 35.9. The second-order valence-electron chi connectivity index (χ2n) is 4.71. The lowest BCUT2D eigenvalue weighted by molar-refractivity contribution is -0.136. The molecule has 8 heteroatoms. The summed E-state index contributed by atoms with van der Waals surface area (Å²) in [5.74, 6) is -2.23. The fraction of sp³-hybridized carbons (Fsp3) is 0.462. The number of hydrogen-bond acceptors (Lipinski definition) is 5. The van der Waals surface area contributed by atoms with Crippen molar-refractivity contribution in [2.24, 2.45) is 5.73 Å². The average molecular weight is 311 g/mol. The lowest BCUT2D eigenvalue weighted by Gasteiger charge is -2.06. The maximum atomic E-state index is 11.8. The van der Waals surface area contributed by atoms with Crippen LogP contribution in [0.15, 0.2) is 0 Å². The van der Waals surface area contributed by atoms with Gasteiger partial charge in [-0.1, -0.05) is 0 Å². The molecule has 0 unspecified atom stereocenters. The normalized spacial score (nSPS) is 12.8. The fourth-order valence-corrected chi connectivity index (χ4v) is 3.56. The lowest BCUT2D eigenvalue weighted by atomic mass is 10.1. The van der Waals surface area contributed by atoms with Crippen molar-refractivity contribution in [2.45, 2.75) is 25.7 Å². The molecule has 0 saturated heterocycles. The minimum absolute atomic E-state index is 0.0641. The van der Waals surface area contributed by atoms with Gasteiger partial charge in [-0.25, -0.2) is 0 Å². The smallest absolute Gasteiger partial charge is 0.314 e. The number of fused-ring (bicyclic) bond motifs is 1. The van der Waals surface area contributed by atoms with Crippen LogP contribution in [-0.2, 0) is 22.4 Å². The van der Waals surface area contributed by atoms with E-state index in [9.17, 15) is 14.4 Å². The van der Waals surface area contributed by atoms with E-state index in [-0.39, 0.29) is 13.2 Å². The van der Waals surface area contributed by atoms with Gasteiger partial charge in [0.2, 0.25) is 0 Å². The van der Waals surface area contributed by atoms with Crippen LogP contribution < -0.4 is 16.4 Å². The second kappa shape index (κ2) is 6.68. The molecule has 3 amide bonds. The molecular formula is C13H17N3O4S. The number of carbonyl (C=O) groups is 3. The van der Waals surface area contributed by atoms with Crippen LogP contribution in [0.2, 0.25) is 0 Å². The van der Waals surface area contributed by atoms with Crippen LogP contribution in [0.25, 0.3) is 0 Å². The Morgan fingerprint density at radius 2 is 2.00 bits per heavy atom. The Kier molecular flexibility index (Phi) is 4.92. The first kappa shape index (κ1) is 15.5. The summed E-state index contributed by atoms with van der Waals surface area (Å²) >= 11 is 1.30. The summed E-state index contributed by atoms with van der Waals surface area (Å²) in [5.41, 5.74) is 6.59. The van der Waals surface area contributed by atoms with E-state index in [1.54, 1.807) is 0 Å². The summed E-state index contributed by atoms with van der Waals surface area (Å²) in [6.07, 6.45) is 2.97. The van der Waals surface area contributed by atoms with Gasteiger partial charge in [0, 0.05) is 18.0 Å². The van der Waals surface area contributed by atoms with Crippen LogP contribution in [0.3, 0.4) is 0 Å². The van der Waals surface area contributed by atoms with E-state index in [0.29, 0.717) is 17.0 Å². The van der Waals surface area contributed by atoms with Gasteiger partial charge in [-0.05, 0) is 31.2 Å². The molecule has 0 aliphatic heterocycles. The number of primary amides is 1. The van der Waals surface area contributed by atoms with Crippen LogP contribution in [0.4, 0.5) is 5.00 Å². The number of aryl methyl sites for hydroxylation is 1. The molecule has 1 aliphatic rings. The highest BCUT2D eigenvalue weighted by Crippen LogP contribution is 2.38. The van der Waals surface area contributed by atoms with Crippen LogP contribution in [0.1, 0.15) is 33.6 Å². The monoisotopic (exact) mass is 311 g/mol. The van der Waals surface area contributed by atoms with Crippen molar-refractivity contribution in [3.63, 3.8) is 0 Å². The zero-order chi connectivity index (χ0) is 15.4. The molecule has 0 spiro atoms. The number of aliphatic hydroxyl groups is 1. The molecule has 0 fully saturated rings. The first-order valence-electron chi connectivity index (χ1n) is 6.69. The highest BCUT2D eigenvalue weighted by Gasteiger charge is 2.27. The Morgan fingerprint density at radius 3 is 2.67 bits per heavy atom. The first-order valence-corrected chi connectivity index (χ1v) is 7.50. The van der Waals surface area contributed by atoms with Crippen LogP contribution in [-0.4, -0.2) is 36.0 Å². The predicted molar refractivity (Wildman–Crippen MR) is 78.2 cm³/mol. The van der Waals surface area contributed by atoms with E-state index in [4.69, 9.17) is 10.8 Å². The Bertz CT molecular complexity index is 582. The maximum Gasteiger partial charge on any atom is 0.314 e. The zero-order valence-electron chi connectivity index (χ0n) is 11.4. The van der Waals surface area contributed by atoms with Gasteiger partial charge in [0.05, 0.1) is 5.56 Å². The topological polar surface area (TPSA) is 122 Å². The molecule has 2 rings (SSSR count). The molecule has 5 N–H and O–H groups in total. The molecule has 7 nitrogen and oxygen atoms in total. The number of hydrogen-bond donors (Lipinski definition) is 4. The number of amides is 3. The number of carbonyl (C=O) groups excluding carboxylic acids is 3. The van der Waals surface area contributed by atoms with Gasteiger partial charge < -0.3 is 21.5 Å². The number of thiophene rings is 1. The number of nitrogens with two attached hydrogens (primary N) is 1. The molecule has 1 aromatic rings. The minimum atomic E-state index is -0.838. The third-order valence-electron chi connectivity index (χ3n) is 3.22. The standard InChI is InChI=1S/C13H17N3O4S/c14-10(18)9-7-3-1-4-8(7)21-13(9)16-12(20)11(19)15-5-2-6-17/h17H,1-6H2,(H2,14,18)(H,15,19)(H,16,20). The van der Waals surface area contributed by atoms with Gasteiger partial charge in [0.25, 0.3) is 5.91 Å². The molecule has 114 valence electrons. The van der Waals surface area contributed by atoms with E-state index in [1.807, 2.05) is 0 Å². The van der Waals surface area contributed by atoms with Gasteiger partial charge >= 0.3 is 11.8 Å². The highest BCUT2D eigenvalue weighted by molar-refractivity contribution is 7.17. The quantitative estimate of drug-likeness (QED) is 0.443. The Balaban J connectivity index is 2.08. The van der Waals surface area contributed by atoms with E-state index in [1.165, 1.54) is 11.3 Å². The van der Waals surface area contributed by atoms with Gasteiger partial charge in [-0.15, -0.1) is 11.3 Å². The highest BCUT2D eigenvalue weighted by atomic mass is 32.1. The third-order valence-corrected chi connectivity index (χ3v) is 4.43. The van der Waals surface area contributed by atoms with E-state index in [0.717, 1.165) is 29.7 Å². The molecule has 21 heavy (non-hydrogen) atoms. The summed E-state index contributed by atoms with van der Waals surface area (Å²) < 4.78 is 0. The number of nitrogens with one attached hydrogen (secondary N) is 2. The van der Waals surface area contributed by atoms with Crippen molar-refractivity contribution < 1.29 is 19.5 Å². The number of rotatable bonds is 5. The van der Waals surface area contributed by atoms with Crippen LogP contribution in [0.5, 0.6) is 0 Å². The van der Waals surface area contributed by atoms with Gasteiger partial charge in [0.15, 0.2) is 0 Å². The van der Waals surface area contributed by atoms with E-state index >= 15 is 0 Å². The largest absolute Gasteiger partial charge is 0.396 e. The first-order chi connectivity index (χ1) is 10.0. The zero-order valence-corrected chi connectivity index (χ0v) is 12.2. The summed E-state index contributed by atoms with van der Waals surface area (Å²) in [6.45, 7) is 0.151. The van der Waals surface area contributed by atoms with E-state index < -0.39 is 17.7 Å².